The van der Waals surface area contributed by atoms with Gasteiger partial charge in [0.25, 0.3) is 0 Å². The first-order valence-corrected chi connectivity index (χ1v) is 7.93. The number of nitrogens with one attached hydrogen (secondary N) is 1. The van der Waals surface area contributed by atoms with Crippen molar-refractivity contribution in [2.24, 2.45) is 0 Å². The third-order valence-electron chi connectivity index (χ3n) is 3.53. The summed E-state index contributed by atoms with van der Waals surface area (Å²) >= 11 is 17.7. The molecule has 21 heavy (non-hydrogen) atoms. The maximum atomic E-state index is 6.18. The van der Waals surface area contributed by atoms with Crippen LogP contribution in [0.15, 0.2) is 42.5 Å². The molecule has 1 heterocycles. The first kappa shape index (κ1) is 14.6. The van der Waals surface area contributed by atoms with Gasteiger partial charge in [-0.25, -0.2) is 0 Å². The number of para-hydroxylation sites is 1. The Bertz CT molecular complexity index is 688. The Kier molecular flexibility index (Phi) is 4.34. The van der Waals surface area contributed by atoms with Crippen molar-refractivity contribution in [3.63, 3.8) is 0 Å². The summed E-state index contributed by atoms with van der Waals surface area (Å²) < 4.78 is 0. The van der Waals surface area contributed by atoms with Gasteiger partial charge in [-0.3, -0.25) is 0 Å². The van der Waals surface area contributed by atoms with E-state index in [0.29, 0.717) is 15.2 Å². The van der Waals surface area contributed by atoms with Crippen molar-refractivity contribution in [1.82, 2.24) is 0 Å². The quantitative estimate of drug-likeness (QED) is 0.725. The Morgan fingerprint density at radius 1 is 1.14 bits per heavy atom. The fraction of sp³-hybridized carbons (Fsp3) is 0.188. The second-order valence-electron chi connectivity index (χ2n) is 4.94. The number of thiocarbonyl (C=S) groups is 1. The van der Waals surface area contributed by atoms with Gasteiger partial charge in [-0.1, -0.05) is 41.4 Å². The van der Waals surface area contributed by atoms with Crippen molar-refractivity contribution in [2.75, 3.05) is 16.8 Å². The summed E-state index contributed by atoms with van der Waals surface area (Å²) in [5, 5.41) is 5.08. The SMILES string of the molecule is S=C(Nc1cc(Cl)ccc1Cl)N1CCCc2ccccc21. The topological polar surface area (TPSA) is 15.3 Å². The highest BCUT2D eigenvalue weighted by Crippen LogP contribution is 2.29. The van der Waals surface area contributed by atoms with Crippen LogP contribution in [-0.4, -0.2) is 11.7 Å². The molecule has 2 aromatic carbocycles. The van der Waals surface area contributed by atoms with E-state index in [1.54, 1.807) is 18.2 Å². The van der Waals surface area contributed by atoms with E-state index in [4.69, 9.17) is 35.4 Å². The minimum atomic E-state index is 0.604. The van der Waals surface area contributed by atoms with Crippen LogP contribution in [0.4, 0.5) is 11.4 Å². The van der Waals surface area contributed by atoms with Gasteiger partial charge in [0, 0.05) is 17.3 Å². The Morgan fingerprint density at radius 3 is 2.81 bits per heavy atom. The minimum Gasteiger partial charge on any atom is -0.331 e. The number of halogens is 2. The average molecular weight is 337 g/mol. The number of benzene rings is 2. The zero-order chi connectivity index (χ0) is 14.8. The predicted octanol–water partition coefficient (Wildman–Crippen LogP) is 5.14. The molecule has 0 bridgehead atoms. The van der Waals surface area contributed by atoms with Crippen molar-refractivity contribution >= 4 is 51.9 Å². The Balaban J connectivity index is 1.85. The van der Waals surface area contributed by atoms with E-state index in [1.807, 2.05) is 6.07 Å². The van der Waals surface area contributed by atoms with Crippen molar-refractivity contribution in [3.05, 3.63) is 58.1 Å². The molecule has 1 aliphatic rings. The van der Waals surface area contributed by atoms with E-state index < -0.39 is 0 Å². The molecule has 2 nitrogen and oxygen atoms in total. The van der Waals surface area contributed by atoms with Crippen LogP contribution < -0.4 is 10.2 Å². The highest BCUT2D eigenvalue weighted by Gasteiger charge is 2.20. The molecule has 0 spiro atoms. The van der Waals surface area contributed by atoms with Gasteiger partial charge in [-0.15, -0.1) is 0 Å². The molecule has 0 saturated heterocycles. The van der Waals surface area contributed by atoms with Gasteiger partial charge >= 0.3 is 0 Å². The van der Waals surface area contributed by atoms with E-state index in [9.17, 15) is 0 Å². The number of fused-ring (bicyclic) bond motifs is 1. The Morgan fingerprint density at radius 2 is 1.95 bits per heavy atom. The molecule has 0 amide bonds. The molecule has 3 rings (SSSR count). The fourth-order valence-corrected chi connectivity index (χ4v) is 3.16. The number of nitrogens with zero attached hydrogens (tertiary/aromatic N) is 1. The van der Waals surface area contributed by atoms with E-state index in [0.717, 1.165) is 25.1 Å². The van der Waals surface area contributed by atoms with Gasteiger partial charge in [-0.05, 0) is 54.9 Å². The largest absolute Gasteiger partial charge is 0.331 e. The lowest BCUT2D eigenvalue weighted by Crippen LogP contribution is -2.38. The summed E-state index contributed by atoms with van der Waals surface area (Å²) in [7, 11) is 0. The molecule has 0 aromatic heterocycles. The molecule has 1 aliphatic heterocycles. The smallest absolute Gasteiger partial charge is 0.177 e. The minimum absolute atomic E-state index is 0.604. The zero-order valence-corrected chi connectivity index (χ0v) is 13.6. The van der Waals surface area contributed by atoms with Crippen LogP contribution in [0.3, 0.4) is 0 Å². The van der Waals surface area contributed by atoms with Gasteiger partial charge in [0.15, 0.2) is 5.11 Å². The van der Waals surface area contributed by atoms with Crippen LogP contribution in [0.25, 0.3) is 0 Å². The van der Waals surface area contributed by atoms with Crippen molar-refractivity contribution in [1.29, 1.82) is 0 Å². The van der Waals surface area contributed by atoms with Gasteiger partial charge in [-0.2, -0.15) is 0 Å². The summed E-state index contributed by atoms with van der Waals surface area (Å²) in [5.74, 6) is 0. The second-order valence-corrected chi connectivity index (χ2v) is 6.17. The van der Waals surface area contributed by atoms with Crippen LogP contribution in [0.5, 0.6) is 0 Å². The standard InChI is InChI=1S/C16H14Cl2N2S/c17-12-7-8-13(18)14(10-12)19-16(21)20-9-3-5-11-4-1-2-6-15(11)20/h1-2,4,6-8,10H,3,5,9H2,(H,19,21). The molecule has 1 N–H and O–H groups in total. The Hall–Kier alpha value is -1.29. The monoisotopic (exact) mass is 336 g/mol. The molecule has 0 saturated carbocycles. The van der Waals surface area contributed by atoms with Gasteiger partial charge in [0.1, 0.15) is 0 Å². The number of anilines is 2. The molecule has 0 radical (unpaired) electrons. The lowest BCUT2D eigenvalue weighted by atomic mass is 10.0. The van der Waals surface area contributed by atoms with Gasteiger partial charge < -0.3 is 10.2 Å². The van der Waals surface area contributed by atoms with Crippen LogP contribution in [0, 0.1) is 0 Å². The third kappa shape index (κ3) is 3.15. The van der Waals surface area contributed by atoms with Crippen LogP contribution >= 0.6 is 35.4 Å². The maximum absolute atomic E-state index is 6.18. The van der Waals surface area contributed by atoms with Crippen LogP contribution in [0.1, 0.15) is 12.0 Å². The summed E-state index contributed by atoms with van der Waals surface area (Å²) in [6.07, 6.45) is 2.18. The summed E-state index contributed by atoms with van der Waals surface area (Å²) in [6.45, 7) is 0.904. The maximum Gasteiger partial charge on any atom is 0.177 e. The third-order valence-corrected chi connectivity index (χ3v) is 4.41. The van der Waals surface area contributed by atoms with Crippen molar-refractivity contribution in [3.8, 4) is 0 Å². The van der Waals surface area contributed by atoms with E-state index in [1.165, 1.54) is 11.3 Å². The lowest BCUT2D eigenvalue weighted by Gasteiger charge is -2.31. The number of hydrogen-bond donors (Lipinski definition) is 1. The molecule has 5 heteroatoms. The van der Waals surface area contributed by atoms with E-state index in [-0.39, 0.29) is 0 Å². The van der Waals surface area contributed by atoms with Crippen molar-refractivity contribution < 1.29 is 0 Å². The van der Waals surface area contributed by atoms with Gasteiger partial charge in [0.05, 0.1) is 10.7 Å². The summed E-state index contributed by atoms with van der Waals surface area (Å²) in [6, 6.07) is 13.6. The highest BCUT2D eigenvalue weighted by atomic mass is 35.5. The molecule has 0 unspecified atom stereocenters. The molecular weight excluding hydrogens is 323 g/mol. The average Bonchev–Trinajstić information content (AvgIpc) is 2.50. The summed E-state index contributed by atoms with van der Waals surface area (Å²) in [5.41, 5.74) is 3.22. The van der Waals surface area contributed by atoms with Crippen molar-refractivity contribution in [2.45, 2.75) is 12.8 Å². The highest BCUT2D eigenvalue weighted by molar-refractivity contribution is 7.80. The van der Waals surface area contributed by atoms with E-state index >= 15 is 0 Å². The predicted molar refractivity (Wildman–Crippen MR) is 94.8 cm³/mol. The molecule has 0 fully saturated rings. The molecule has 0 aliphatic carbocycles. The lowest BCUT2D eigenvalue weighted by molar-refractivity contribution is 0.781. The normalized spacial score (nSPS) is 13.7. The first-order chi connectivity index (χ1) is 10.1. The molecule has 108 valence electrons. The second kappa shape index (κ2) is 6.22. The summed E-state index contributed by atoms with van der Waals surface area (Å²) in [4.78, 5) is 2.12. The van der Waals surface area contributed by atoms with Crippen LogP contribution in [0.2, 0.25) is 10.0 Å². The first-order valence-electron chi connectivity index (χ1n) is 6.76. The number of aryl methyl sites for hydroxylation is 1. The van der Waals surface area contributed by atoms with Crippen LogP contribution in [-0.2, 0) is 6.42 Å². The zero-order valence-electron chi connectivity index (χ0n) is 11.3. The number of hydrogen-bond acceptors (Lipinski definition) is 1. The molecule has 2 aromatic rings. The van der Waals surface area contributed by atoms with E-state index in [2.05, 4.69) is 28.4 Å². The van der Waals surface area contributed by atoms with Gasteiger partial charge in [0.2, 0.25) is 0 Å². The number of rotatable bonds is 1. The Labute approximate surface area is 139 Å². The molecule has 0 atom stereocenters. The fourth-order valence-electron chi connectivity index (χ4n) is 2.52. The molecular formula is C16H14Cl2N2S.